The number of likely N-dealkylation sites (N-methyl/N-ethyl adjacent to an activating group) is 1. The van der Waals surface area contributed by atoms with Gasteiger partial charge < -0.3 is 13.8 Å². The molecule has 0 bridgehead atoms. The standard InChI is InChI=1S/C16H18N2O8S/c1-16(2)9-17(3)14(19)8-13(16)25-15(20)11-6-5-10(26-27(4,23)24)7-12(11)18(21)22/h5-8H,9H2,1-4H3. The van der Waals surface area contributed by atoms with Gasteiger partial charge in [0.1, 0.15) is 17.1 Å². The molecule has 0 radical (unpaired) electrons. The van der Waals surface area contributed by atoms with E-state index in [1.165, 1.54) is 4.90 Å². The molecule has 0 N–H and O–H groups in total. The number of nitrogens with zero attached hydrogens (tertiary/aromatic N) is 2. The number of hydrogen-bond donors (Lipinski definition) is 0. The third-order valence-electron chi connectivity index (χ3n) is 3.77. The van der Waals surface area contributed by atoms with E-state index in [0.29, 0.717) is 6.54 Å². The van der Waals surface area contributed by atoms with Gasteiger partial charge in [-0.05, 0) is 12.1 Å². The lowest BCUT2D eigenvalue weighted by Gasteiger charge is -2.35. The first-order chi connectivity index (χ1) is 12.3. The topological polar surface area (TPSA) is 133 Å². The van der Waals surface area contributed by atoms with Gasteiger partial charge in [0.15, 0.2) is 0 Å². The van der Waals surface area contributed by atoms with Crippen LogP contribution in [0.15, 0.2) is 30.0 Å². The third-order valence-corrected chi connectivity index (χ3v) is 4.26. The Kier molecular flexibility index (Phi) is 5.27. The van der Waals surface area contributed by atoms with Crippen LogP contribution in [-0.4, -0.2) is 50.0 Å². The van der Waals surface area contributed by atoms with E-state index in [2.05, 4.69) is 4.18 Å². The van der Waals surface area contributed by atoms with E-state index in [0.717, 1.165) is 30.5 Å². The smallest absolute Gasteiger partial charge is 0.350 e. The average molecular weight is 398 g/mol. The number of carbonyl (C=O) groups excluding carboxylic acids is 2. The number of carbonyl (C=O) groups is 2. The number of rotatable bonds is 5. The fraction of sp³-hybridized carbons (Fsp3) is 0.375. The molecule has 0 aromatic heterocycles. The second kappa shape index (κ2) is 6.99. The van der Waals surface area contributed by atoms with Gasteiger partial charge >= 0.3 is 16.1 Å². The lowest BCUT2D eigenvalue weighted by Crippen LogP contribution is -2.41. The van der Waals surface area contributed by atoms with E-state index in [4.69, 9.17) is 4.74 Å². The first-order valence-corrected chi connectivity index (χ1v) is 9.49. The van der Waals surface area contributed by atoms with Gasteiger partial charge in [0.05, 0.1) is 17.2 Å². The fourth-order valence-electron chi connectivity index (χ4n) is 2.55. The van der Waals surface area contributed by atoms with Crippen LogP contribution in [0.3, 0.4) is 0 Å². The zero-order valence-corrected chi connectivity index (χ0v) is 15.9. The van der Waals surface area contributed by atoms with Crippen molar-refractivity contribution in [2.45, 2.75) is 13.8 Å². The highest BCUT2D eigenvalue weighted by atomic mass is 32.2. The summed E-state index contributed by atoms with van der Waals surface area (Å²) in [4.78, 5) is 36.2. The Balaban J connectivity index is 2.37. The largest absolute Gasteiger partial charge is 0.426 e. The molecule has 11 heteroatoms. The van der Waals surface area contributed by atoms with Gasteiger partial charge in [-0.2, -0.15) is 8.42 Å². The van der Waals surface area contributed by atoms with Crippen LogP contribution in [0.4, 0.5) is 5.69 Å². The molecule has 27 heavy (non-hydrogen) atoms. The quantitative estimate of drug-likeness (QED) is 0.315. The maximum absolute atomic E-state index is 12.5. The summed E-state index contributed by atoms with van der Waals surface area (Å²) < 4.78 is 32.2. The summed E-state index contributed by atoms with van der Waals surface area (Å²) in [5, 5.41) is 11.3. The Bertz CT molecular complexity index is 949. The minimum atomic E-state index is -3.89. The van der Waals surface area contributed by atoms with Crippen LogP contribution < -0.4 is 4.18 Å². The summed E-state index contributed by atoms with van der Waals surface area (Å²) in [5.41, 5.74) is -1.75. The number of ether oxygens (including phenoxy) is 1. The van der Waals surface area contributed by atoms with Crippen molar-refractivity contribution in [3.63, 3.8) is 0 Å². The van der Waals surface area contributed by atoms with Gasteiger partial charge in [-0.25, -0.2) is 4.79 Å². The van der Waals surface area contributed by atoms with Crippen LogP contribution in [0.1, 0.15) is 24.2 Å². The second-order valence-electron chi connectivity index (χ2n) is 6.70. The Morgan fingerprint density at radius 1 is 1.33 bits per heavy atom. The molecule has 1 aromatic carbocycles. The van der Waals surface area contributed by atoms with Gasteiger partial charge in [0.25, 0.3) is 5.69 Å². The molecule has 0 atom stereocenters. The summed E-state index contributed by atoms with van der Waals surface area (Å²) in [5.74, 6) is -1.62. The highest BCUT2D eigenvalue weighted by Crippen LogP contribution is 2.34. The van der Waals surface area contributed by atoms with Crippen molar-refractivity contribution in [3.8, 4) is 5.75 Å². The molecule has 2 rings (SSSR count). The summed E-state index contributed by atoms with van der Waals surface area (Å²) in [6.45, 7) is 3.81. The maximum Gasteiger partial charge on any atom is 0.350 e. The third kappa shape index (κ3) is 4.82. The van der Waals surface area contributed by atoms with E-state index < -0.39 is 37.7 Å². The number of nitro benzene ring substituents is 1. The summed E-state index contributed by atoms with van der Waals surface area (Å²) in [7, 11) is -2.29. The Hall–Kier alpha value is -2.95. The molecule has 1 heterocycles. The molecule has 0 unspecified atom stereocenters. The predicted molar refractivity (Wildman–Crippen MR) is 93.5 cm³/mol. The van der Waals surface area contributed by atoms with Crippen molar-refractivity contribution in [2.24, 2.45) is 5.41 Å². The van der Waals surface area contributed by atoms with E-state index >= 15 is 0 Å². The molecular formula is C16H18N2O8S. The minimum Gasteiger partial charge on any atom is -0.426 e. The number of hydrogen-bond acceptors (Lipinski definition) is 8. The molecule has 0 saturated heterocycles. The summed E-state index contributed by atoms with van der Waals surface area (Å²) >= 11 is 0. The highest BCUT2D eigenvalue weighted by Gasteiger charge is 2.36. The van der Waals surface area contributed by atoms with Crippen LogP contribution in [0.2, 0.25) is 0 Å². The summed E-state index contributed by atoms with van der Waals surface area (Å²) in [6.07, 6.45) is 1.95. The van der Waals surface area contributed by atoms with Gasteiger partial charge in [0.2, 0.25) is 5.91 Å². The Morgan fingerprint density at radius 3 is 2.52 bits per heavy atom. The lowest BCUT2D eigenvalue weighted by molar-refractivity contribution is -0.385. The maximum atomic E-state index is 12.5. The molecule has 10 nitrogen and oxygen atoms in total. The first kappa shape index (κ1) is 20.4. The van der Waals surface area contributed by atoms with Crippen molar-refractivity contribution in [1.29, 1.82) is 0 Å². The van der Waals surface area contributed by atoms with E-state index in [9.17, 15) is 28.1 Å². The van der Waals surface area contributed by atoms with Gasteiger partial charge in [0, 0.05) is 25.1 Å². The first-order valence-electron chi connectivity index (χ1n) is 7.67. The van der Waals surface area contributed by atoms with E-state index in [1.54, 1.807) is 20.9 Å². The van der Waals surface area contributed by atoms with Crippen LogP contribution >= 0.6 is 0 Å². The van der Waals surface area contributed by atoms with Crippen LogP contribution in [-0.2, 0) is 19.6 Å². The molecule has 1 aromatic rings. The lowest BCUT2D eigenvalue weighted by atomic mass is 9.87. The zero-order valence-electron chi connectivity index (χ0n) is 15.1. The molecule has 0 saturated carbocycles. The number of esters is 1. The molecular weight excluding hydrogens is 380 g/mol. The number of nitro groups is 1. The molecule has 146 valence electrons. The SMILES string of the molecule is CN1CC(C)(C)C(OC(=O)c2ccc(OS(C)(=O)=O)cc2[N+](=O)[O-])=CC1=O. The van der Waals surface area contributed by atoms with E-state index in [-0.39, 0.29) is 17.4 Å². The molecule has 1 aliphatic rings. The highest BCUT2D eigenvalue weighted by molar-refractivity contribution is 7.86. The average Bonchev–Trinajstić information content (AvgIpc) is 2.50. The summed E-state index contributed by atoms with van der Waals surface area (Å²) in [6, 6.07) is 2.95. The fourth-order valence-corrected chi connectivity index (χ4v) is 3.00. The molecule has 1 aliphatic heterocycles. The molecule has 1 amide bonds. The van der Waals surface area contributed by atoms with Crippen LogP contribution in [0, 0.1) is 15.5 Å². The number of benzene rings is 1. The predicted octanol–water partition coefficient (Wildman–Crippen LogP) is 1.47. The van der Waals surface area contributed by atoms with Crippen LogP contribution in [0.25, 0.3) is 0 Å². The molecule has 0 aliphatic carbocycles. The second-order valence-corrected chi connectivity index (χ2v) is 8.27. The minimum absolute atomic E-state index is 0.0846. The van der Waals surface area contributed by atoms with Crippen molar-refractivity contribution >= 4 is 27.7 Å². The normalized spacial score (nSPS) is 16.5. The van der Waals surface area contributed by atoms with Gasteiger partial charge in [-0.3, -0.25) is 14.9 Å². The van der Waals surface area contributed by atoms with Crippen molar-refractivity contribution in [2.75, 3.05) is 19.8 Å². The van der Waals surface area contributed by atoms with Gasteiger partial charge in [-0.15, -0.1) is 0 Å². The van der Waals surface area contributed by atoms with Crippen molar-refractivity contribution < 1.29 is 31.9 Å². The molecule has 0 spiro atoms. The zero-order chi connectivity index (χ0) is 20.6. The van der Waals surface area contributed by atoms with Crippen molar-refractivity contribution in [3.05, 3.63) is 45.7 Å². The van der Waals surface area contributed by atoms with E-state index in [1.807, 2.05) is 0 Å². The Labute approximate surface area is 155 Å². The monoisotopic (exact) mass is 398 g/mol. The molecule has 0 fully saturated rings. The van der Waals surface area contributed by atoms with Crippen molar-refractivity contribution in [1.82, 2.24) is 4.90 Å². The van der Waals surface area contributed by atoms with Gasteiger partial charge in [-0.1, -0.05) is 13.8 Å². The van der Waals surface area contributed by atoms with Crippen LogP contribution in [0.5, 0.6) is 5.75 Å². The Morgan fingerprint density at radius 2 is 1.96 bits per heavy atom. The number of amides is 1.